The molecular formula is C18H24F2N2O4S2. The number of carboxylic acid groups (broad SMARTS) is 1. The van der Waals surface area contributed by atoms with E-state index >= 15 is 0 Å². The lowest BCUT2D eigenvalue weighted by Crippen LogP contribution is -2.52. The lowest BCUT2D eigenvalue weighted by atomic mass is 10.1. The Morgan fingerprint density at radius 3 is 2.00 bits per heavy atom. The lowest BCUT2D eigenvalue weighted by molar-refractivity contribution is -0.142. The molecule has 6 nitrogen and oxygen atoms in total. The monoisotopic (exact) mass is 434 g/mol. The molecule has 0 radical (unpaired) electrons. The van der Waals surface area contributed by atoms with Gasteiger partial charge in [0.05, 0.1) is 6.42 Å². The highest BCUT2D eigenvalue weighted by atomic mass is 32.2. The minimum absolute atomic E-state index is 0.141. The minimum Gasteiger partial charge on any atom is -0.480 e. The molecule has 28 heavy (non-hydrogen) atoms. The molecule has 0 aliphatic heterocycles. The van der Waals surface area contributed by atoms with E-state index in [0.717, 1.165) is 12.1 Å². The molecule has 0 aromatic heterocycles. The van der Waals surface area contributed by atoms with Crippen molar-refractivity contribution in [2.24, 2.45) is 0 Å². The van der Waals surface area contributed by atoms with Gasteiger partial charge in [-0.3, -0.25) is 9.59 Å². The van der Waals surface area contributed by atoms with Gasteiger partial charge in [-0.1, -0.05) is 0 Å². The second kappa shape index (κ2) is 12.6. The first-order valence-corrected chi connectivity index (χ1v) is 11.3. The van der Waals surface area contributed by atoms with Gasteiger partial charge in [0, 0.05) is 6.07 Å². The van der Waals surface area contributed by atoms with Crippen LogP contribution in [-0.4, -0.2) is 59.0 Å². The Bertz CT molecular complexity index is 671. The highest BCUT2D eigenvalue weighted by Gasteiger charge is 2.26. The third-order valence-electron chi connectivity index (χ3n) is 3.77. The highest BCUT2D eigenvalue weighted by molar-refractivity contribution is 7.98. The van der Waals surface area contributed by atoms with E-state index in [-0.39, 0.29) is 18.4 Å². The van der Waals surface area contributed by atoms with Gasteiger partial charge in [-0.2, -0.15) is 23.5 Å². The second-order valence-electron chi connectivity index (χ2n) is 6.04. The number of carbonyl (C=O) groups is 3. The third-order valence-corrected chi connectivity index (χ3v) is 5.06. The Kier molecular flexibility index (Phi) is 10.9. The van der Waals surface area contributed by atoms with E-state index in [9.17, 15) is 28.3 Å². The fourth-order valence-electron chi connectivity index (χ4n) is 2.41. The summed E-state index contributed by atoms with van der Waals surface area (Å²) in [6.45, 7) is 0. The average Bonchev–Trinajstić information content (AvgIpc) is 2.60. The van der Waals surface area contributed by atoms with Crippen LogP contribution in [-0.2, 0) is 20.8 Å². The number of carbonyl (C=O) groups excluding carboxylic acids is 2. The van der Waals surface area contributed by atoms with Crippen LogP contribution in [0.3, 0.4) is 0 Å². The summed E-state index contributed by atoms with van der Waals surface area (Å²) in [5.74, 6) is -2.79. The van der Waals surface area contributed by atoms with E-state index in [1.807, 2.05) is 12.5 Å². The van der Waals surface area contributed by atoms with Crippen LogP contribution in [0.15, 0.2) is 18.2 Å². The molecule has 0 aliphatic rings. The number of thioether (sulfide) groups is 2. The number of hydrogen-bond acceptors (Lipinski definition) is 5. The van der Waals surface area contributed by atoms with Crippen molar-refractivity contribution >= 4 is 41.3 Å². The number of hydrogen-bond donors (Lipinski definition) is 3. The predicted molar refractivity (Wildman–Crippen MR) is 108 cm³/mol. The normalized spacial score (nSPS) is 12.9. The van der Waals surface area contributed by atoms with Gasteiger partial charge in [0.1, 0.15) is 23.7 Å². The van der Waals surface area contributed by atoms with Crippen LogP contribution >= 0.6 is 23.5 Å². The van der Waals surface area contributed by atoms with E-state index in [2.05, 4.69) is 10.6 Å². The van der Waals surface area contributed by atoms with Crippen LogP contribution in [0.5, 0.6) is 0 Å². The molecule has 10 heteroatoms. The number of amides is 2. The molecule has 0 spiro atoms. The molecule has 2 amide bonds. The smallest absolute Gasteiger partial charge is 0.326 e. The standard InChI is InChI=1S/C18H24F2N2O4S2/c1-27-5-3-14(17(24)22-15(18(25)26)4-6-28-2)21-16(23)9-11-7-12(19)10-13(20)8-11/h7-8,10,14-15H,3-6,9H2,1-2H3,(H,21,23)(H,22,24)(H,25,26)/t14-,15-/m0/s1. The Balaban J connectivity index is 2.78. The van der Waals surface area contributed by atoms with Gasteiger partial charge in [0.15, 0.2) is 0 Å². The van der Waals surface area contributed by atoms with Crippen LogP contribution in [0, 0.1) is 11.6 Å². The number of carboxylic acids is 1. The summed E-state index contributed by atoms with van der Waals surface area (Å²) in [5.41, 5.74) is 0.141. The van der Waals surface area contributed by atoms with Crippen molar-refractivity contribution in [3.05, 3.63) is 35.4 Å². The van der Waals surface area contributed by atoms with Gasteiger partial charge in [0.2, 0.25) is 11.8 Å². The van der Waals surface area contributed by atoms with Crippen molar-refractivity contribution in [2.75, 3.05) is 24.0 Å². The molecule has 1 rings (SSSR count). The summed E-state index contributed by atoms with van der Waals surface area (Å²) in [4.78, 5) is 36.1. The fourth-order valence-corrected chi connectivity index (χ4v) is 3.36. The molecule has 0 fully saturated rings. The maximum atomic E-state index is 13.3. The van der Waals surface area contributed by atoms with E-state index in [4.69, 9.17) is 0 Å². The van der Waals surface area contributed by atoms with Crippen LogP contribution in [0.2, 0.25) is 0 Å². The SMILES string of the molecule is CSCC[C@H](NC(=O)[C@H](CCSC)NC(=O)Cc1cc(F)cc(F)c1)C(=O)O. The highest BCUT2D eigenvalue weighted by Crippen LogP contribution is 2.10. The summed E-state index contributed by atoms with van der Waals surface area (Å²) in [6.07, 6.45) is 3.92. The number of nitrogens with one attached hydrogen (secondary N) is 2. The summed E-state index contributed by atoms with van der Waals surface area (Å²) in [6, 6.07) is 0.808. The molecule has 156 valence electrons. The van der Waals surface area contributed by atoms with E-state index in [1.54, 1.807) is 0 Å². The fraction of sp³-hybridized carbons (Fsp3) is 0.500. The number of aliphatic carboxylic acids is 1. The molecule has 0 saturated carbocycles. The molecule has 1 aromatic rings. The van der Waals surface area contributed by atoms with Gasteiger partial charge in [0.25, 0.3) is 0 Å². The van der Waals surface area contributed by atoms with Gasteiger partial charge >= 0.3 is 5.97 Å². The Morgan fingerprint density at radius 1 is 0.964 bits per heavy atom. The topological polar surface area (TPSA) is 95.5 Å². The molecule has 0 bridgehead atoms. The van der Waals surface area contributed by atoms with Crippen molar-refractivity contribution < 1.29 is 28.3 Å². The maximum Gasteiger partial charge on any atom is 0.326 e. The summed E-state index contributed by atoms with van der Waals surface area (Å²) < 4.78 is 26.5. The van der Waals surface area contributed by atoms with E-state index < -0.39 is 41.5 Å². The van der Waals surface area contributed by atoms with Crippen molar-refractivity contribution in [3.8, 4) is 0 Å². The Hall–Kier alpha value is -1.81. The lowest BCUT2D eigenvalue weighted by Gasteiger charge is -2.21. The quantitative estimate of drug-likeness (QED) is 0.466. The molecule has 2 atom stereocenters. The first-order valence-electron chi connectivity index (χ1n) is 8.52. The van der Waals surface area contributed by atoms with Crippen LogP contribution in [0.1, 0.15) is 18.4 Å². The maximum absolute atomic E-state index is 13.3. The third kappa shape index (κ3) is 8.92. The molecule has 0 saturated heterocycles. The second-order valence-corrected chi connectivity index (χ2v) is 8.01. The zero-order chi connectivity index (χ0) is 21.1. The first kappa shape index (κ1) is 24.2. The van der Waals surface area contributed by atoms with E-state index in [1.165, 1.54) is 23.5 Å². The summed E-state index contributed by atoms with van der Waals surface area (Å²) in [5, 5.41) is 14.2. The van der Waals surface area contributed by atoms with Crippen molar-refractivity contribution in [1.82, 2.24) is 10.6 Å². The van der Waals surface area contributed by atoms with Gasteiger partial charge in [-0.25, -0.2) is 13.6 Å². The molecule has 1 aromatic carbocycles. The van der Waals surface area contributed by atoms with Gasteiger partial charge in [-0.05, 0) is 54.6 Å². The zero-order valence-electron chi connectivity index (χ0n) is 15.7. The molecule has 0 aliphatic carbocycles. The molecule has 0 unspecified atom stereocenters. The van der Waals surface area contributed by atoms with Crippen LogP contribution < -0.4 is 10.6 Å². The number of benzene rings is 1. The number of halogens is 2. The summed E-state index contributed by atoms with van der Waals surface area (Å²) in [7, 11) is 0. The molecular weight excluding hydrogens is 410 g/mol. The molecule has 3 N–H and O–H groups in total. The molecule has 0 heterocycles. The minimum atomic E-state index is -1.15. The Morgan fingerprint density at radius 2 is 1.50 bits per heavy atom. The van der Waals surface area contributed by atoms with Crippen molar-refractivity contribution in [2.45, 2.75) is 31.3 Å². The van der Waals surface area contributed by atoms with Crippen molar-refractivity contribution in [3.63, 3.8) is 0 Å². The van der Waals surface area contributed by atoms with Gasteiger partial charge < -0.3 is 15.7 Å². The van der Waals surface area contributed by atoms with E-state index in [0.29, 0.717) is 24.0 Å². The van der Waals surface area contributed by atoms with Gasteiger partial charge in [-0.15, -0.1) is 0 Å². The van der Waals surface area contributed by atoms with Crippen LogP contribution in [0.25, 0.3) is 0 Å². The first-order chi connectivity index (χ1) is 13.3. The summed E-state index contributed by atoms with van der Waals surface area (Å²) >= 11 is 2.93. The average molecular weight is 435 g/mol. The zero-order valence-corrected chi connectivity index (χ0v) is 17.3. The predicted octanol–water partition coefficient (Wildman–Crippen LogP) is 2.07. The van der Waals surface area contributed by atoms with Crippen LogP contribution in [0.4, 0.5) is 8.78 Å². The Labute approximate surface area is 171 Å². The number of rotatable bonds is 12. The largest absolute Gasteiger partial charge is 0.480 e. The van der Waals surface area contributed by atoms with Crippen molar-refractivity contribution in [1.29, 1.82) is 0 Å².